The van der Waals surface area contributed by atoms with Gasteiger partial charge in [0.05, 0.1) is 24.1 Å². The van der Waals surface area contributed by atoms with E-state index in [9.17, 15) is 4.79 Å². The minimum Gasteiger partial charge on any atom is -0.487 e. The van der Waals surface area contributed by atoms with Crippen molar-refractivity contribution in [3.05, 3.63) is 59.7 Å². The van der Waals surface area contributed by atoms with E-state index in [2.05, 4.69) is 55.3 Å². The normalized spacial score (nSPS) is 17.2. The Morgan fingerprint density at radius 3 is 2.78 bits per heavy atom. The zero-order valence-corrected chi connectivity index (χ0v) is 20.6. The summed E-state index contributed by atoms with van der Waals surface area (Å²) in [4.78, 5) is 22.2. The molecular formula is C25H28N8O3. The molecule has 1 saturated heterocycles. The second-order valence-corrected chi connectivity index (χ2v) is 9.89. The fourth-order valence-corrected chi connectivity index (χ4v) is 4.92. The van der Waals surface area contributed by atoms with E-state index in [1.54, 1.807) is 36.1 Å². The van der Waals surface area contributed by atoms with E-state index in [0.29, 0.717) is 29.5 Å². The van der Waals surface area contributed by atoms with Gasteiger partial charge in [0.25, 0.3) is 5.91 Å². The van der Waals surface area contributed by atoms with E-state index >= 15 is 0 Å². The van der Waals surface area contributed by atoms with Gasteiger partial charge in [-0.3, -0.25) is 9.69 Å². The quantitative estimate of drug-likeness (QED) is 0.453. The first-order chi connectivity index (χ1) is 17.3. The Labute approximate surface area is 208 Å². The molecule has 5 heterocycles. The molecule has 4 aromatic rings. The molecule has 0 unspecified atom stereocenters. The van der Waals surface area contributed by atoms with Gasteiger partial charge in [-0.05, 0) is 26.0 Å². The van der Waals surface area contributed by atoms with Gasteiger partial charge in [0.1, 0.15) is 16.9 Å². The van der Waals surface area contributed by atoms with Crippen LogP contribution in [-0.2, 0) is 13.0 Å². The van der Waals surface area contributed by atoms with Crippen LogP contribution in [0.4, 0.5) is 11.4 Å². The van der Waals surface area contributed by atoms with E-state index in [0.717, 1.165) is 55.3 Å². The topological polar surface area (TPSA) is 114 Å². The first-order valence-electron chi connectivity index (χ1n) is 12.1. The molecule has 1 amide bonds. The zero-order valence-electron chi connectivity index (χ0n) is 20.6. The summed E-state index contributed by atoms with van der Waals surface area (Å²) in [5, 5.41) is 15.4. The lowest BCUT2D eigenvalue weighted by atomic mass is 10.0. The number of hydrogen-bond donors (Lipinski definition) is 1. The van der Waals surface area contributed by atoms with Crippen molar-refractivity contribution in [3.63, 3.8) is 0 Å². The predicted molar refractivity (Wildman–Crippen MR) is 132 cm³/mol. The van der Waals surface area contributed by atoms with Crippen molar-refractivity contribution in [2.45, 2.75) is 39.3 Å². The van der Waals surface area contributed by atoms with Gasteiger partial charge in [-0.2, -0.15) is 5.10 Å². The smallest absolute Gasteiger partial charge is 0.261 e. The third-order valence-corrected chi connectivity index (χ3v) is 6.59. The molecule has 11 nitrogen and oxygen atoms in total. The number of carbonyl (C=O) groups is 1. The van der Waals surface area contributed by atoms with E-state index in [1.165, 1.54) is 0 Å². The van der Waals surface area contributed by atoms with Gasteiger partial charge in [0, 0.05) is 63.5 Å². The maximum Gasteiger partial charge on any atom is 0.261 e. The Bertz CT molecular complexity index is 1430. The first kappa shape index (κ1) is 22.5. The van der Waals surface area contributed by atoms with Crippen LogP contribution in [0.15, 0.2) is 41.2 Å². The maximum atomic E-state index is 13.3. The number of amides is 1. The zero-order chi connectivity index (χ0) is 24.9. The average molecular weight is 489 g/mol. The number of nitrogens with zero attached hydrogens (tertiary/aromatic N) is 7. The van der Waals surface area contributed by atoms with Crippen LogP contribution in [0.1, 0.15) is 41.6 Å². The van der Waals surface area contributed by atoms with Gasteiger partial charge >= 0.3 is 0 Å². The first-order valence-corrected chi connectivity index (χ1v) is 12.1. The third-order valence-electron chi connectivity index (χ3n) is 6.59. The van der Waals surface area contributed by atoms with Gasteiger partial charge in [0.15, 0.2) is 5.65 Å². The Kier molecular flexibility index (Phi) is 5.36. The summed E-state index contributed by atoms with van der Waals surface area (Å²) < 4.78 is 13.4. The number of carbonyl (C=O) groups excluding carboxylic acids is 1. The van der Waals surface area contributed by atoms with Crippen molar-refractivity contribution in [2.75, 3.05) is 36.4 Å². The van der Waals surface area contributed by atoms with E-state index in [1.807, 2.05) is 6.07 Å². The number of nitrogens with one attached hydrogen (secondary N) is 1. The van der Waals surface area contributed by atoms with Crippen LogP contribution in [0.5, 0.6) is 5.75 Å². The minimum absolute atomic E-state index is 0.242. The molecule has 3 aromatic heterocycles. The van der Waals surface area contributed by atoms with Crippen molar-refractivity contribution < 1.29 is 13.9 Å². The van der Waals surface area contributed by atoms with Crippen LogP contribution in [0.3, 0.4) is 0 Å². The second kappa shape index (κ2) is 8.59. The van der Waals surface area contributed by atoms with Crippen LogP contribution in [-0.4, -0.2) is 67.4 Å². The molecule has 1 aromatic carbocycles. The predicted octanol–water partition coefficient (Wildman–Crippen LogP) is 2.71. The van der Waals surface area contributed by atoms with Crippen LogP contribution in [0.2, 0.25) is 0 Å². The fraction of sp³-hybridized carbons (Fsp3) is 0.400. The lowest BCUT2D eigenvalue weighted by Gasteiger charge is -2.36. The molecule has 1 fully saturated rings. The van der Waals surface area contributed by atoms with E-state index < -0.39 is 0 Å². The van der Waals surface area contributed by atoms with Gasteiger partial charge in [-0.1, -0.05) is 0 Å². The molecule has 0 aliphatic carbocycles. The monoisotopic (exact) mass is 488 g/mol. The number of benzene rings is 1. The summed E-state index contributed by atoms with van der Waals surface area (Å²) in [7, 11) is 0. The minimum atomic E-state index is -0.282. The van der Waals surface area contributed by atoms with Crippen molar-refractivity contribution >= 4 is 22.9 Å². The molecule has 0 saturated carbocycles. The molecule has 0 bridgehead atoms. The Morgan fingerprint density at radius 1 is 1.17 bits per heavy atom. The third kappa shape index (κ3) is 4.26. The van der Waals surface area contributed by atoms with Crippen molar-refractivity contribution in [1.82, 2.24) is 29.7 Å². The summed E-state index contributed by atoms with van der Waals surface area (Å²) >= 11 is 0. The highest BCUT2D eigenvalue weighted by molar-refractivity contribution is 6.09. The van der Waals surface area contributed by atoms with Gasteiger partial charge in [0.2, 0.25) is 11.8 Å². The molecule has 186 valence electrons. The Morgan fingerprint density at radius 2 is 2.00 bits per heavy atom. The number of rotatable bonds is 5. The summed E-state index contributed by atoms with van der Waals surface area (Å²) in [6.45, 7) is 9.81. The van der Waals surface area contributed by atoms with E-state index in [-0.39, 0.29) is 11.5 Å². The largest absolute Gasteiger partial charge is 0.487 e. The molecule has 36 heavy (non-hydrogen) atoms. The van der Waals surface area contributed by atoms with Gasteiger partial charge in [-0.15, -0.1) is 10.2 Å². The van der Waals surface area contributed by atoms with Crippen LogP contribution in [0.25, 0.3) is 5.65 Å². The number of ether oxygens (including phenoxy) is 1. The molecule has 11 heteroatoms. The lowest BCUT2D eigenvalue weighted by molar-refractivity contribution is 0.102. The molecule has 2 aliphatic rings. The summed E-state index contributed by atoms with van der Waals surface area (Å²) in [5.41, 5.74) is 3.46. The number of aryl methyl sites for hydroxylation is 1. The summed E-state index contributed by atoms with van der Waals surface area (Å²) in [6, 6.07) is 5.89. The SMILES string of the molecule is Cc1nnc(CN2CCN(c3cc4c(cc3NC(=O)c3cnn5cccnc35)CC(C)(C)O4)CC2)o1. The summed E-state index contributed by atoms with van der Waals surface area (Å²) in [5.74, 6) is 1.83. The van der Waals surface area contributed by atoms with Crippen LogP contribution >= 0.6 is 0 Å². The number of hydrogen-bond acceptors (Lipinski definition) is 9. The lowest BCUT2D eigenvalue weighted by Crippen LogP contribution is -2.46. The molecule has 0 spiro atoms. The fourth-order valence-electron chi connectivity index (χ4n) is 4.92. The van der Waals surface area contributed by atoms with Crippen molar-refractivity contribution in [3.8, 4) is 5.75 Å². The average Bonchev–Trinajstić information content (AvgIpc) is 3.54. The number of fused-ring (bicyclic) bond motifs is 2. The van der Waals surface area contributed by atoms with Crippen LogP contribution in [0, 0.1) is 6.92 Å². The Balaban J connectivity index is 1.26. The number of aromatic nitrogens is 5. The van der Waals surface area contributed by atoms with Crippen molar-refractivity contribution in [2.24, 2.45) is 0 Å². The number of piperazine rings is 1. The van der Waals surface area contributed by atoms with Gasteiger partial charge < -0.3 is 19.4 Å². The highest BCUT2D eigenvalue weighted by Crippen LogP contribution is 2.42. The highest BCUT2D eigenvalue weighted by atomic mass is 16.5. The Hall–Kier alpha value is -3.99. The molecule has 6 rings (SSSR count). The van der Waals surface area contributed by atoms with Gasteiger partial charge in [-0.25, -0.2) is 9.50 Å². The molecule has 2 aliphatic heterocycles. The summed E-state index contributed by atoms with van der Waals surface area (Å²) in [6.07, 6.45) is 5.76. The molecule has 0 radical (unpaired) electrons. The molecule has 1 N–H and O–H groups in total. The maximum absolute atomic E-state index is 13.3. The van der Waals surface area contributed by atoms with Crippen molar-refractivity contribution in [1.29, 1.82) is 0 Å². The molecular weight excluding hydrogens is 460 g/mol. The highest BCUT2D eigenvalue weighted by Gasteiger charge is 2.33. The second-order valence-electron chi connectivity index (χ2n) is 9.89. The van der Waals surface area contributed by atoms with E-state index in [4.69, 9.17) is 9.15 Å². The number of anilines is 2. The molecule has 0 atom stereocenters. The van der Waals surface area contributed by atoms with Crippen LogP contribution < -0.4 is 15.0 Å². The standard InChI is InChI=1S/C25H28N8O3/c1-16-29-30-22(35-16)15-31-7-9-32(10-8-31)20-12-21-17(13-25(2,3)36-21)11-19(20)28-24(34)18-14-27-33-6-4-5-26-23(18)33/h4-6,11-12,14H,7-10,13,15H2,1-3H3,(H,28,34).